The number of aliphatic hydroxyl groups excluding tert-OH is 5. The minimum atomic E-state index is -1.55. The molecular formula is C64H123NO8. The van der Waals surface area contributed by atoms with Gasteiger partial charge in [-0.3, -0.25) is 4.79 Å². The van der Waals surface area contributed by atoms with Crippen molar-refractivity contribution in [3.8, 4) is 0 Å². The first kappa shape index (κ1) is 69.7. The molecule has 1 amide bonds. The molecule has 1 rings (SSSR count). The Morgan fingerprint density at radius 1 is 0.466 bits per heavy atom. The largest absolute Gasteiger partial charge is 0.394 e. The van der Waals surface area contributed by atoms with Gasteiger partial charge >= 0.3 is 0 Å². The fourth-order valence-electron chi connectivity index (χ4n) is 10.5. The topological polar surface area (TPSA) is 149 Å². The smallest absolute Gasteiger partial charge is 0.220 e. The van der Waals surface area contributed by atoms with Crippen molar-refractivity contribution in [1.82, 2.24) is 5.32 Å². The van der Waals surface area contributed by atoms with Crippen LogP contribution in [0.25, 0.3) is 0 Å². The van der Waals surface area contributed by atoms with Crippen molar-refractivity contribution in [2.75, 3.05) is 13.2 Å². The molecule has 0 bridgehead atoms. The summed E-state index contributed by atoms with van der Waals surface area (Å²) >= 11 is 0. The van der Waals surface area contributed by atoms with Crippen molar-refractivity contribution in [1.29, 1.82) is 0 Å². The molecule has 0 spiro atoms. The van der Waals surface area contributed by atoms with Gasteiger partial charge in [0.2, 0.25) is 5.91 Å². The Balaban J connectivity index is 2.11. The van der Waals surface area contributed by atoms with E-state index in [4.69, 9.17) is 9.47 Å². The molecule has 1 aliphatic heterocycles. The number of hydrogen-bond donors (Lipinski definition) is 6. The summed E-state index contributed by atoms with van der Waals surface area (Å²) in [5.74, 6) is -0.148. The zero-order valence-electron chi connectivity index (χ0n) is 48.2. The van der Waals surface area contributed by atoms with Gasteiger partial charge < -0.3 is 40.3 Å². The predicted molar refractivity (Wildman–Crippen MR) is 309 cm³/mol. The van der Waals surface area contributed by atoms with Crippen LogP contribution in [0.1, 0.15) is 322 Å². The number of unbranched alkanes of at least 4 members (excludes halogenated alkanes) is 42. The van der Waals surface area contributed by atoms with Gasteiger partial charge in [0.05, 0.1) is 25.4 Å². The van der Waals surface area contributed by atoms with Gasteiger partial charge in [-0.05, 0) is 44.9 Å². The van der Waals surface area contributed by atoms with Crippen molar-refractivity contribution >= 4 is 5.91 Å². The highest BCUT2D eigenvalue weighted by atomic mass is 16.7. The second-order valence-corrected chi connectivity index (χ2v) is 22.6. The second kappa shape index (κ2) is 54.0. The molecule has 1 aliphatic rings. The van der Waals surface area contributed by atoms with Crippen LogP contribution < -0.4 is 5.32 Å². The fourth-order valence-corrected chi connectivity index (χ4v) is 10.5. The third-order valence-corrected chi connectivity index (χ3v) is 15.6. The number of ether oxygens (including phenoxy) is 2. The molecule has 0 radical (unpaired) electrons. The van der Waals surface area contributed by atoms with Crippen molar-refractivity contribution in [3.63, 3.8) is 0 Å². The van der Waals surface area contributed by atoms with E-state index in [1.165, 1.54) is 244 Å². The van der Waals surface area contributed by atoms with E-state index >= 15 is 0 Å². The lowest BCUT2D eigenvalue weighted by molar-refractivity contribution is -0.302. The van der Waals surface area contributed by atoms with Crippen LogP contribution in [-0.2, 0) is 14.3 Å². The van der Waals surface area contributed by atoms with Crippen LogP contribution in [0, 0.1) is 0 Å². The molecule has 0 saturated carbocycles. The van der Waals surface area contributed by atoms with Crippen LogP contribution in [-0.4, -0.2) is 87.5 Å². The maximum absolute atomic E-state index is 13.1. The van der Waals surface area contributed by atoms with Crippen molar-refractivity contribution in [3.05, 3.63) is 24.3 Å². The Kier molecular flexibility index (Phi) is 51.6. The van der Waals surface area contributed by atoms with Gasteiger partial charge in [0.1, 0.15) is 24.4 Å². The normalized spacial score (nSPS) is 19.1. The number of allylic oxidation sites excluding steroid dienone is 4. The first-order valence-corrected chi connectivity index (χ1v) is 32.0. The first-order chi connectivity index (χ1) is 35.8. The number of amides is 1. The highest BCUT2D eigenvalue weighted by molar-refractivity contribution is 5.76. The number of hydrogen-bond acceptors (Lipinski definition) is 8. The van der Waals surface area contributed by atoms with Crippen molar-refractivity contribution < 1.29 is 39.8 Å². The highest BCUT2D eigenvalue weighted by Crippen LogP contribution is 2.24. The molecule has 7 atom stereocenters. The number of carbonyl (C=O) groups is 1. The van der Waals surface area contributed by atoms with Crippen LogP contribution in [0.2, 0.25) is 0 Å². The van der Waals surface area contributed by atoms with E-state index in [-0.39, 0.29) is 12.5 Å². The number of aliphatic hydroxyl groups is 5. The average Bonchev–Trinajstić information content (AvgIpc) is 3.39. The summed E-state index contributed by atoms with van der Waals surface area (Å²) in [5.41, 5.74) is 0. The monoisotopic (exact) mass is 1030 g/mol. The summed E-state index contributed by atoms with van der Waals surface area (Å²) in [6.07, 6.45) is 62.3. The molecule has 0 aromatic rings. The molecule has 1 heterocycles. The Bertz CT molecular complexity index is 1200. The molecule has 1 saturated heterocycles. The lowest BCUT2D eigenvalue weighted by atomic mass is 9.99. The van der Waals surface area contributed by atoms with Crippen LogP contribution in [0.15, 0.2) is 24.3 Å². The molecule has 0 aromatic carbocycles. The van der Waals surface area contributed by atoms with Gasteiger partial charge in [-0.15, -0.1) is 0 Å². The molecule has 6 N–H and O–H groups in total. The van der Waals surface area contributed by atoms with E-state index in [0.717, 1.165) is 51.4 Å². The molecule has 9 heteroatoms. The minimum Gasteiger partial charge on any atom is -0.394 e. The molecule has 7 unspecified atom stereocenters. The van der Waals surface area contributed by atoms with Crippen molar-refractivity contribution in [2.24, 2.45) is 0 Å². The zero-order valence-corrected chi connectivity index (χ0v) is 48.2. The van der Waals surface area contributed by atoms with Crippen molar-refractivity contribution in [2.45, 2.75) is 365 Å². The molecule has 432 valence electrons. The summed E-state index contributed by atoms with van der Waals surface area (Å²) in [5, 5.41) is 54.8. The molecule has 9 nitrogen and oxygen atoms in total. The third-order valence-electron chi connectivity index (χ3n) is 15.6. The Hall–Kier alpha value is -1.33. The summed E-state index contributed by atoms with van der Waals surface area (Å²) in [6, 6.07) is -0.723. The summed E-state index contributed by atoms with van der Waals surface area (Å²) < 4.78 is 11.3. The van der Waals surface area contributed by atoms with Gasteiger partial charge in [0.15, 0.2) is 6.29 Å². The number of nitrogens with one attached hydrogen (secondary N) is 1. The quantitative estimate of drug-likeness (QED) is 0.0261. The van der Waals surface area contributed by atoms with E-state index in [2.05, 4.69) is 43.5 Å². The molecule has 0 aliphatic carbocycles. The van der Waals surface area contributed by atoms with Gasteiger partial charge in [-0.25, -0.2) is 0 Å². The van der Waals surface area contributed by atoms with Gasteiger partial charge in [0.25, 0.3) is 0 Å². The van der Waals surface area contributed by atoms with E-state index in [0.29, 0.717) is 12.8 Å². The van der Waals surface area contributed by atoms with E-state index in [1.807, 2.05) is 0 Å². The zero-order chi connectivity index (χ0) is 52.9. The minimum absolute atomic E-state index is 0.139. The third kappa shape index (κ3) is 43.4. The molecular weight excluding hydrogens is 911 g/mol. The van der Waals surface area contributed by atoms with Gasteiger partial charge in [-0.2, -0.15) is 0 Å². The number of carbonyl (C=O) groups excluding carboxylic acids is 1. The van der Waals surface area contributed by atoms with Crippen LogP contribution in [0.3, 0.4) is 0 Å². The van der Waals surface area contributed by atoms with E-state index < -0.39 is 49.5 Å². The fraction of sp³-hybridized carbons (Fsp3) is 0.922. The second-order valence-electron chi connectivity index (χ2n) is 22.6. The van der Waals surface area contributed by atoms with Crippen LogP contribution >= 0.6 is 0 Å². The summed E-state index contributed by atoms with van der Waals surface area (Å²) in [7, 11) is 0. The van der Waals surface area contributed by atoms with Crippen LogP contribution in [0.5, 0.6) is 0 Å². The Morgan fingerprint density at radius 2 is 0.808 bits per heavy atom. The Labute approximate surface area is 451 Å². The van der Waals surface area contributed by atoms with E-state index in [9.17, 15) is 30.3 Å². The highest BCUT2D eigenvalue weighted by Gasteiger charge is 2.44. The molecule has 0 aromatic heterocycles. The summed E-state index contributed by atoms with van der Waals surface area (Å²) in [6.45, 7) is 3.86. The lowest BCUT2D eigenvalue weighted by Gasteiger charge is -2.40. The summed E-state index contributed by atoms with van der Waals surface area (Å²) in [4.78, 5) is 13.1. The lowest BCUT2D eigenvalue weighted by Crippen LogP contribution is -2.60. The standard InChI is InChI=1S/C64H123NO8/c1-3-5-7-9-11-13-15-17-19-21-23-24-25-26-27-28-29-30-31-32-33-34-35-36-37-39-41-43-45-47-49-51-53-58(67)57(56-72-64-63(71)62(70)61(69)59(55-66)73-64)65-60(68)54-52-50-48-46-44-42-40-38-22-20-18-16-14-12-10-8-6-4-2/h14,16,20,22,57-59,61-64,66-67,69-71H,3-13,15,17-19,21,23-56H2,1-2H3,(H,65,68)/b16-14-,22-20-. The van der Waals surface area contributed by atoms with Gasteiger partial charge in [0, 0.05) is 6.42 Å². The first-order valence-electron chi connectivity index (χ1n) is 32.0. The average molecular weight is 1030 g/mol. The maximum Gasteiger partial charge on any atom is 0.220 e. The molecule has 73 heavy (non-hydrogen) atoms. The van der Waals surface area contributed by atoms with Crippen LogP contribution in [0.4, 0.5) is 0 Å². The SMILES string of the molecule is CCCCCC/C=C\C/C=C\CCCCCCCCCC(=O)NC(COC1OC(CO)C(O)C(O)C1O)C(O)CCCCCCCCCCCCCCCCCCCCCCCCCCCCCCCCCC. The Morgan fingerprint density at radius 3 is 1.19 bits per heavy atom. The van der Waals surface area contributed by atoms with Gasteiger partial charge in [-0.1, -0.05) is 295 Å². The predicted octanol–water partition coefficient (Wildman–Crippen LogP) is 16.5. The maximum atomic E-state index is 13.1. The van der Waals surface area contributed by atoms with E-state index in [1.54, 1.807) is 0 Å². The molecule has 1 fully saturated rings. The number of rotatable bonds is 56.